The molecule has 1 aliphatic heterocycles. The van der Waals surface area contributed by atoms with E-state index >= 15 is 0 Å². The molecule has 2 N–H and O–H groups in total. The van der Waals surface area contributed by atoms with Crippen LogP contribution in [0.3, 0.4) is 0 Å². The first-order chi connectivity index (χ1) is 9.19. The summed E-state index contributed by atoms with van der Waals surface area (Å²) in [5.41, 5.74) is 0. The van der Waals surface area contributed by atoms with Crippen LogP contribution in [0.2, 0.25) is 0 Å². The molecule has 0 aromatic carbocycles. The van der Waals surface area contributed by atoms with E-state index in [0.29, 0.717) is 12.6 Å². The van der Waals surface area contributed by atoms with Crippen LogP contribution >= 0.6 is 0 Å². The molecule has 1 atom stereocenters. The maximum atomic E-state index is 10.8. The SMILES string of the molecule is CCN(Cc1ccc(C(=O)O)o1)CC1CCCCN1. The van der Waals surface area contributed by atoms with Crippen molar-refractivity contribution in [1.29, 1.82) is 0 Å². The summed E-state index contributed by atoms with van der Waals surface area (Å²) in [4.78, 5) is 13.1. The molecular formula is C14H22N2O3. The fourth-order valence-electron chi connectivity index (χ4n) is 2.50. The number of likely N-dealkylation sites (N-methyl/N-ethyl adjacent to an activating group) is 1. The number of aromatic carboxylic acids is 1. The highest BCUT2D eigenvalue weighted by Gasteiger charge is 2.17. The van der Waals surface area contributed by atoms with Crippen LogP contribution in [0.15, 0.2) is 16.5 Å². The van der Waals surface area contributed by atoms with Crippen molar-refractivity contribution in [2.45, 2.75) is 38.8 Å². The lowest BCUT2D eigenvalue weighted by Gasteiger charge is -2.29. The zero-order valence-corrected chi connectivity index (χ0v) is 11.4. The van der Waals surface area contributed by atoms with E-state index in [1.54, 1.807) is 6.07 Å². The topological polar surface area (TPSA) is 65.7 Å². The maximum absolute atomic E-state index is 10.8. The molecule has 0 amide bonds. The first-order valence-corrected chi connectivity index (χ1v) is 6.96. The Balaban J connectivity index is 1.88. The van der Waals surface area contributed by atoms with Crippen molar-refractivity contribution in [2.75, 3.05) is 19.6 Å². The minimum Gasteiger partial charge on any atom is -0.475 e. The van der Waals surface area contributed by atoms with Gasteiger partial charge in [0, 0.05) is 12.6 Å². The van der Waals surface area contributed by atoms with E-state index in [-0.39, 0.29) is 5.76 Å². The van der Waals surface area contributed by atoms with Crippen molar-refractivity contribution in [3.8, 4) is 0 Å². The van der Waals surface area contributed by atoms with Crippen molar-refractivity contribution in [3.63, 3.8) is 0 Å². The fraction of sp³-hybridized carbons (Fsp3) is 0.643. The summed E-state index contributed by atoms with van der Waals surface area (Å²) in [6, 6.07) is 3.81. The number of carboxylic acids is 1. The van der Waals surface area contributed by atoms with Gasteiger partial charge in [-0.2, -0.15) is 0 Å². The molecule has 1 unspecified atom stereocenters. The van der Waals surface area contributed by atoms with Crippen LogP contribution in [0.25, 0.3) is 0 Å². The summed E-state index contributed by atoms with van der Waals surface area (Å²) in [6.45, 7) is 5.80. The van der Waals surface area contributed by atoms with Gasteiger partial charge in [-0.25, -0.2) is 4.79 Å². The minimum atomic E-state index is -1.01. The molecule has 19 heavy (non-hydrogen) atoms. The van der Waals surface area contributed by atoms with Crippen molar-refractivity contribution in [1.82, 2.24) is 10.2 Å². The van der Waals surface area contributed by atoms with Crippen molar-refractivity contribution in [3.05, 3.63) is 23.7 Å². The summed E-state index contributed by atoms with van der Waals surface area (Å²) in [5, 5.41) is 12.4. The van der Waals surface area contributed by atoms with E-state index in [4.69, 9.17) is 9.52 Å². The number of hydrogen-bond donors (Lipinski definition) is 2. The van der Waals surface area contributed by atoms with Crippen molar-refractivity contribution < 1.29 is 14.3 Å². The summed E-state index contributed by atoms with van der Waals surface area (Å²) < 4.78 is 5.30. The standard InChI is InChI=1S/C14H22N2O3/c1-2-16(9-11-5-3-4-8-15-11)10-12-6-7-13(19-12)14(17)18/h6-7,11,15H,2-5,8-10H2,1H3,(H,17,18). The van der Waals surface area contributed by atoms with E-state index in [9.17, 15) is 4.79 Å². The van der Waals surface area contributed by atoms with Gasteiger partial charge >= 0.3 is 5.97 Å². The molecule has 1 aromatic heterocycles. The predicted octanol–water partition coefficient (Wildman–Crippen LogP) is 1.94. The van der Waals surface area contributed by atoms with Crippen molar-refractivity contribution in [2.24, 2.45) is 0 Å². The summed E-state index contributed by atoms with van der Waals surface area (Å²) >= 11 is 0. The number of nitrogens with zero attached hydrogens (tertiary/aromatic N) is 1. The van der Waals surface area contributed by atoms with Gasteiger partial charge in [0.1, 0.15) is 5.76 Å². The van der Waals surface area contributed by atoms with Gasteiger partial charge < -0.3 is 14.8 Å². The van der Waals surface area contributed by atoms with Crippen LogP contribution in [-0.4, -0.2) is 41.7 Å². The third kappa shape index (κ3) is 4.08. The Labute approximate surface area is 113 Å². The molecule has 0 aliphatic carbocycles. The smallest absolute Gasteiger partial charge is 0.371 e. The van der Waals surface area contributed by atoms with Crippen LogP contribution < -0.4 is 5.32 Å². The molecule has 106 valence electrons. The highest BCUT2D eigenvalue weighted by molar-refractivity contribution is 5.84. The van der Waals surface area contributed by atoms with Gasteiger partial charge in [0.2, 0.25) is 5.76 Å². The highest BCUT2D eigenvalue weighted by Crippen LogP contribution is 2.13. The Kier molecular flexibility index (Phi) is 4.99. The molecular weight excluding hydrogens is 244 g/mol. The Morgan fingerprint density at radius 2 is 2.37 bits per heavy atom. The quantitative estimate of drug-likeness (QED) is 0.823. The second kappa shape index (κ2) is 6.73. The van der Waals surface area contributed by atoms with Crippen molar-refractivity contribution >= 4 is 5.97 Å². The Hall–Kier alpha value is -1.33. The number of piperidine rings is 1. The third-order valence-electron chi connectivity index (χ3n) is 3.59. The average molecular weight is 266 g/mol. The summed E-state index contributed by atoms with van der Waals surface area (Å²) in [7, 11) is 0. The molecule has 2 heterocycles. The molecule has 0 radical (unpaired) electrons. The second-order valence-corrected chi connectivity index (χ2v) is 5.05. The normalized spacial score (nSPS) is 19.8. The van der Waals surface area contributed by atoms with E-state index in [2.05, 4.69) is 17.1 Å². The number of furan rings is 1. The van der Waals surface area contributed by atoms with Gasteiger partial charge in [-0.1, -0.05) is 13.3 Å². The van der Waals surface area contributed by atoms with Gasteiger partial charge in [-0.15, -0.1) is 0 Å². The highest BCUT2D eigenvalue weighted by atomic mass is 16.4. The molecule has 0 spiro atoms. The van der Waals surface area contributed by atoms with Gasteiger partial charge in [0.25, 0.3) is 0 Å². The van der Waals surface area contributed by atoms with E-state index in [1.807, 2.05) is 0 Å². The maximum Gasteiger partial charge on any atom is 0.371 e. The van der Waals surface area contributed by atoms with E-state index in [0.717, 1.165) is 25.4 Å². The number of nitrogens with one attached hydrogen (secondary N) is 1. The molecule has 0 saturated carbocycles. The number of carbonyl (C=O) groups is 1. The number of hydrogen-bond acceptors (Lipinski definition) is 4. The summed E-state index contributed by atoms with van der Waals surface area (Å²) in [6.07, 6.45) is 3.77. The molecule has 0 bridgehead atoms. The third-order valence-corrected chi connectivity index (χ3v) is 3.59. The van der Waals surface area contributed by atoms with E-state index in [1.165, 1.54) is 25.3 Å². The van der Waals surface area contributed by atoms with Crippen LogP contribution in [0.1, 0.15) is 42.5 Å². The number of rotatable bonds is 6. The molecule has 5 heteroatoms. The predicted molar refractivity (Wildman–Crippen MR) is 72.3 cm³/mol. The molecule has 1 aliphatic rings. The van der Waals surface area contributed by atoms with Gasteiger partial charge in [-0.3, -0.25) is 4.90 Å². The number of carboxylic acid groups (broad SMARTS) is 1. The zero-order valence-electron chi connectivity index (χ0n) is 11.4. The lowest BCUT2D eigenvalue weighted by atomic mass is 10.0. The fourth-order valence-corrected chi connectivity index (χ4v) is 2.50. The largest absolute Gasteiger partial charge is 0.475 e. The summed E-state index contributed by atoms with van der Waals surface area (Å²) in [5.74, 6) is -0.278. The van der Waals surface area contributed by atoms with Crippen LogP contribution in [0.4, 0.5) is 0 Å². The molecule has 1 saturated heterocycles. The molecule has 1 fully saturated rings. The minimum absolute atomic E-state index is 0.0156. The molecule has 2 rings (SSSR count). The molecule has 5 nitrogen and oxygen atoms in total. The lowest BCUT2D eigenvalue weighted by molar-refractivity contribution is 0.0658. The van der Waals surface area contributed by atoms with E-state index < -0.39 is 5.97 Å². The second-order valence-electron chi connectivity index (χ2n) is 5.05. The first kappa shape index (κ1) is 14.1. The Morgan fingerprint density at radius 3 is 2.95 bits per heavy atom. The van der Waals surface area contributed by atoms with Gasteiger partial charge in [-0.05, 0) is 38.1 Å². The van der Waals surface area contributed by atoms with Crippen LogP contribution in [0, 0.1) is 0 Å². The monoisotopic (exact) mass is 266 g/mol. The first-order valence-electron chi connectivity index (χ1n) is 6.96. The zero-order chi connectivity index (χ0) is 13.7. The Morgan fingerprint density at radius 1 is 1.53 bits per heavy atom. The van der Waals surface area contributed by atoms with Gasteiger partial charge in [0.15, 0.2) is 0 Å². The van der Waals surface area contributed by atoms with Crippen LogP contribution in [0.5, 0.6) is 0 Å². The average Bonchev–Trinajstić information content (AvgIpc) is 2.88. The van der Waals surface area contributed by atoms with Gasteiger partial charge in [0.05, 0.1) is 6.54 Å². The van der Waals surface area contributed by atoms with Crippen LogP contribution in [-0.2, 0) is 6.54 Å². The lowest BCUT2D eigenvalue weighted by Crippen LogP contribution is -2.43. The molecule has 1 aromatic rings. The Bertz CT molecular complexity index is 411.